The molecule has 0 aliphatic carbocycles. The van der Waals surface area contributed by atoms with Gasteiger partial charge in [-0.25, -0.2) is 9.37 Å². The Morgan fingerprint density at radius 1 is 1.06 bits per heavy atom. The summed E-state index contributed by atoms with van der Waals surface area (Å²) in [5.74, 6) is 0.305. The number of nitrogens with zero attached hydrogens (tertiary/aromatic N) is 5. The zero-order valence-corrected chi connectivity index (χ0v) is 19.6. The van der Waals surface area contributed by atoms with Crippen LogP contribution in [0.15, 0.2) is 71.9 Å². The van der Waals surface area contributed by atoms with Crippen molar-refractivity contribution < 1.29 is 4.39 Å². The number of hydrogen-bond donors (Lipinski definition) is 2. The molecule has 6 rings (SSSR count). The summed E-state index contributed by atoms with van der Waals surface area (Å²) < 4.78 is 17.1. The molecule has 4 heterocycles. The van der Waals surface area contributed by atoms with E-state index in [-0.39, 0.29) is 24.0 Å². The van der Waals surface area contributed by atoms with Crippen LogP contribution in [0.5, 0.6) is 0 Å². The van der Waals surface area contributed by atoms with Gasteiger partial charge in [0.25, 0.3) is 5.56 Å². The summed E-state index contributed by atoms with van der Waals surface area (Å²) in [6.45, 7) is 1.61. The van der Waals surface area contributed by atoms with Crippen LogP contribution in [-0.4, -0.2) is 38.2 Å². The molecule has 36 heavy (non-hydrogen) atoms. The lowest BCUT2D eigenvalue weighted by molar-refractivity contribution is 0.502. The van der Waals surface area contributed by atoms with E-state index in [4.69, 9.17) is 11.5 Å². The summed E-state index contributed by atoms with van der Waals surface area (Å²) in [4.78, 5) is 25.2. The van der Waals surface area contributed by atoms with E-state index < -0.39 is 0 Å². The first kappa shape index (κ1) is 22.2. The smallest absolute Gasteiger partial charge is 0.278 e. The van der Waals surface area contributed by atoms with Gasteiger partial charge in [-0.3, -0.25) is 18.9 Å². The number of rotatable bonds is 4. The number of anilines is 2. The molecule has 5 aromatic rings. The van der Waals surface area contributed by atoms with Crippen molar-refractivity contribution in [3.8, 4) is 5.69 Å². The Labute approximate surface area is 206 Å². The Morgan fingerprint density at radius 3 is 2.67 bits per heavy atom. The van der Waals surface area contributed by atoms with E-state index in [0.29, 0.717) is 34.8 Å². The largest absolute Gasteiger partial charge is 0.394 e. The van der Waals surface area contributed by atoms with Crippen LogP contribution >= 0.6 is 0 Å². The van der Waals surface area contributed by atoms with Gasteiger partial charge in [-0.05, 0) is 48.6 Å². The third-order valence-electron chi connectivity index (χ3n) is 6.86. The van der Waals surface area contributed by atoms with Crippen molar-refractivity contribution in [2.24, 2.45) is 5.73 Å². The first-order chi connectivity index (χ1) is 17.5. The molecule has 3 aromatic heterocycles. The molecule has 1 aliphatic heterocycles. The molecule has 9 heteroatoms. The van der Waals surface area contributed by atoms with Crippen molar-refractivity contribution in [1.82, 2.24) is 19.1 Å². The number of piperidine rings is 1. The van der Waals surface area contributed by atoms with Gasteiger partial charge in [-0.2, -0.15) is 0 Å². The zero-order valence-electron chi connectivity index (χ0n) is 19.6. The Balaban J connectivity index is 1.57. The van der Waals surface area contributed by atoms with Gasteiger partial charge >= 0.3 is 0 Å². The molecule has 0 spiro atoms. The number of nitrogen functional groups attached to an aromatic ring is 1. The Kier molecular flexibility index (Phi) is 5.41. The highest BCUT2D eigenvalue weighted by Crippen LogP contribution is 2.36. The highest BCUT2D eigenvalue weighted by atomic mass is 19.1. The molecule has 0 amide bonds. The van der Waals surface area contributed by atoms with Gasteiger partial charge in [0.15, 0.2) is 0 Å². The summed E-state index contributed by atoms with van der Waals surface area (Å²) >= 11 is 0. The number of hydrogen-bond acceptors (Lipinski definition) is 6. The van der Waals surface area contributed by atoms with Crippen molar-refractivity contribution in [3.05, 3.63) is 89.0 Å². The van der Waals surface area contributed by atoms with Crippen LogP contribution in [-0.2, 0) is 6.54 Å². The SMILES string of the molecule is Nc1c(N2CCC[C@H](N)C2)n(-c2ccc(F)cc2)c2c(=O)n(Cc3nccc4ccccc34)cnc12. The van der Waals surface area contributed by atoms with E-state index in [0.717, 1.165) is 35.9 Å². The molecule has 0 bridgehead atoms. The zero-order chi connectivity index (χ0) is 24.8. The standard InChI is InChI=1S/C27H26FN7O/c28-18-7-9-20(10-8-18)35-25-24(23(30)26(35)33-13-3-5-19(29)14-33)32-16-34(27(25)36)15-22-21-6-2-1-4-17(21)11-12-31-22/h1-2,4,6-12,16,19H,3,5,13-15,29-30H2/t19-/m0/s1. The third-order valence-corrected chi connectivity index (χ3v) is 6.86. The number of fused-ring (bicyclic) bond motifs is 2. The summed E-state index contributed by atoms with van der Waals surface area (Å²) in [6, 6.07) is 15.9. The second kappa shape index (κ2) is 8.76. The number of halogens is 1. The van der Waals surface area contributed by atoms with Crippen LogP contribution in [0.4, 0.5) is 15.9 Å². The first-order valence-corrected chi connectivity index (χ1v) is 12.0. The monoisotopic (exact) mass is 483 g/mol. The van der Waals surface area contributed by atoms with Gasteiger partial charge in [-0.1, -0.05) is 24.3 Å². The minimum Gasteiger partial charge on any atom is -0.394 e. The van der Waals surface area contributed by atoms with E-state index in [1.54, 1.807) is 27.5 Å². The van der Waals surface area contributed by atoms with Gasteiger partial charge in [0.2, 0.25) is 0 Å². The molecule has 1 saturated heterocycles. The van der Waals surface area contributed by atoms with E-state index in [2.05, 4.69) is 14.9 Å². The van der Waals surface area contributed by atoms with Gasteiger partial charge < -0.3 is 16.4 Å². The second-order valence-corrected chi connectivity index (χ2v) is 9.25. The van der Waals surface area contributed by atoms with Crippen LogP contribution in [0.3, 0.4) is 0 Å². The van der Waals surface area contributed by atoms with E-state index in [1.807, 2.05) is 30.3 Å². The predicted octanol–water partition coefficient (Wildman–Crippen LogP) is 3.43. The van der Waals surface area contributed by atoms with Gasteiger partial charge in [0.1, 0.15) is 28.4 Å². The predicted molar refractivity (Wildman–Crippen MR) is 140 cm³/mol. The van der Waals surface area contributed by atoms with E-state index >= 15 is 0 Å². The Hall–Kier alpha value is -4.24. The molecule has 0 saturated carbocycles. The quantitative estimate of drug-likeness (QED) is 0.406. The lowest BCUT2D eigenvalue weighted by atomic mass is 10.1. The summed E-state index contributed by atoms with van der Waals surface area (Å²) in [6.07, 6.45) is 5.10. The Morgan fingerprint density at radius 2 is 1.86 bits per heavy atom. The maximum absolute atomic E-state index is 13.9. The average molecular weight is 484 g/mol. The van der Waals surface area contributed by atoms with Crippen molar-refractivity contribution in [2.45, 2.75) is 25.4 Å². The lowest BCUT2D eigenvalue weighted by Crippen LogP contribution is -2.43. The number of benzene rings is 2. The average Bonchev–Trinajstić information content (AvgIpc) is 3.19. The highest BCUT2D eigenvalue weighted by Gasteiger charge is 2.28. The highest BCUT2D eigenvalue weighted by molar-refractivity contribution is 5.98. The first-order valence-electron chi connectivity index (χ1n) is 12.0. The van der Waals surface area contributed by atoms with Crippen LogP contribution in [0.25, 0.3) is 27.5 Å². The lowest BCUT2D eigenvalue weighted by Gasteiger charge is -2.33. The molecule has 1 fully saturated rings. The number of nitrogens with two attached hydrogens (primary N) is 2. The second-order valence-electron chi connectivity index (χ2n) is 9.25. The number of pyridine rings is 1. The topological polar surface area (TPSA) is 108 Å². The molecule has 182 valence electrons. The van der Waals surface area contributed by atoms with Crippen LogP contribution < -0.4 is 21.9 Å². The fourth-order valence-corrected chi connectivity index (χ4v) is 5.15. The molecule has 2 aromatic carbocycles. The molecule has 1 aliphatic rings. The van der Waals surface area contributed by atoms with Crippen LogP contribution in [0.1, 0.15) is 18.5 Å². The van der Waals surface area contributed by atoms with Gasteiger partial charge in [-0.15, -0.1) is 0 Å². The molecule has 4 N–H and O–H groups in total. The summed E-state index contributed by atoms with van der Waals surface area (Å²) in [5.41, 5.74) is 15.2. The fourth-order valence-electron chi connectivity index (χ4n) is 5.15. The molecule has 1 atom stereocenters. The molecule has 0 radical (unpaired) electrons. The van der Waals surface area contributed by atoms with Gasteiger partial charge in [0.05, 0.1) is 18.6 Å². The van der Waals surface area contributed by atoms with Crippen LogP contribution in [0, 0.1) is 5.82 Å². The van der Waals surface area contributed by atoms with Crippen molar-refractivity contribution >= 4 is 33.3 Å². The van der Waals surface area contributed by atoms with E-state index in [9.17, 15) is 9.18 Å². The van der Waals surface area contributed by atoms with Crippen molar-refractivity contribution in [2.75, 3.05) is 23.7 Å². The molecule has 8 nitrogen and oxygen atoms in total. The minimum absolute atomic E-state index is 0.000108. The number of aromatic nitrogens is 4. The van der Waals surface area contributed by atoms with Crippen molar-refractivity contribution in [1.29, 1.82) is 0 Å². The summed E-state index contributed by atoms with van der Waals surface area (Å²) in [7, 11) is 0. The third kappa shape index (κ3) is 3.68. The maximum Gasteiger partial charge on any atom is 0.278 e. The fraction of sp³-hybridized carbons (Fsp3) is 0.222. The summed E-state index contributed by atoms with van der Waals surface area (Å²) in [5, 5.41) is 2.02. The normalized spacial score (nSPS) is 16.2. The van der Waals surface area contributed by atoms with Gasteiger partial charge in [0, 0.05) is 36.4 Å². The molecular weight excluding hydrogens is 457 g/mol. The Bertz CT molecular complexity index is 1640. The molecule has 0 unspecified atom stereocenters. The molecular formula is C27H26FN7O. The van der Waals surface area contributed by atoms with Crippen molar-refractivity contribution in [3.63, 3.8) is 0 Å². The minimum atomic E-state index is -0.359. The van der Waals surface area contributed by atoms with E-state index in [1.165, 1.54) is 18.5 Å². The maximum atomic E-state index is 13.9. The van der Waals surface area contributed by atoms with Crippen LogP contribution in [0.2, 0.25) is 0 Å².